The number of nitrogens with zero attached hydrogens (tertiary/aromatic N) is 3. The van der Waals surface area contributed by atoms with E-state index >= 15 is 0 Å². The maximum atomic E-state index is 14.1. The molecule has 1 unspecified atom stereocenters. The van der Waals surface area contributed by atoms with Gasteiger partial charge in [-0.25, -0.2) is 13.4 Å². The minimum absolute atomic E-state index is 0.0974. The average Bonchev–Trinajstić information content (AvgIpc) is 3.38. The quantitative estimate of drug-likeness (QED) is 0.255. The van der Waals surface area contributed by atoms with Crippen molar-refractivity contribution in [1.29, 1.82) is 0 Å². The summed E-state index contributed by atoms with van der Waals surface area (Å²) in [6.45, 7) is 2.32. The molecule has 188 valence electrons. The lowest BCUT2D eigenvalue weighted by atomic mass is 9.97. The molecular formula is C27H27Cl2N3O3S. The van der Waals surface area contributed by atoms with Gasteiger partial charge in [-0.05, 0) is 67.3 Å². The maximum Gasteiger partial charge on any atom is 0.264 e. The molecule has 36 heavy (non-hydrogen) atoms. The second-order valence-corrected chi connectivity index (χ2v) is 11.2. The first-order valence-corrected chi connectivity index (χ1v) is 13.7. The van der Waals surface area contributed by atoms with Crippen LogP contribution in [-0.2, 0) is 29.6 Å². The van der Waals surface area contributed by atoms with Crippen LogP contribution < -0.4 is 4.31 Å². The third-order valence-electron chi connectivity index (χ3n) is 6.10. The highest BCUT2D eigenvalue weighted by Gasteiger charge is 2.33. The Bertz CT molecular complexity index is 1410. The molecule has 9 heteroatoms. The van der Waals surface area contributed by atoms with E-state index in [9.17, 15) is 13.5 Å². The Morgan fingerprint density at radius 3 is 2.42 bits per heavy atom. The zero-order chi connectivity index (χ0) is 25.7. The van der Waals surface area contributed by atoms with Gasteiger partial charge in [-0.2, -0.15) is 0 Å². The monoisotopic (exact) mass is 543 g/mol. The molecule has 0 aliphatic heterocycles. The predicted molar refractivity (Wildman–Crippen MR) is 144 cm³/mol. The number of benzene rings is 3. The van der Waals surface area contributed by atoms with Gasteiger partial charge >= 0.3 is 0 Å². The molecule has 3 aromatic carbocycles. The number of imidazole rings is 1. The number of hydrogen-bond acceptors (Lipinski definition) is 4. The van der Waals surface area contributed by atoms with Gasteiger partial charge in [0, 0.05) is 34.5 Å². The molecule has 4 aromatic rings. The lowest BCUT2D eigenvalue weighted by molar-refractivity contribution is 0.282. The average molecular weight is 545 g/mol. The number of anilines is 1. The third-order valence-corrected chi connectivity index (χ3v) is 8.49. The molecule has 1 atom stereocenters. The number of aromatic nitrogens is 2. The van der Waals surface area contributed by atoms with Crippen molar-refractivity contribution < 1.29 is 13.5 Å². The van der Waals surface area contributed by atoms with E-state index in [-0.39, 0.29) is 11.5 Å². The van der Waals surface area contributed by atoms with Crippen LogP contribution >= 0.6 is 23.2 Å². The Kier molecular flexibility index (Phi) is 8.36. The Labute approximate surface area is 221 Å². The molecule has 0 radical (unpaired) electrons. The summed E-state index contributed by atoms with van der Waals surface area (Å²) in [6, 6.07) is 18.2. The van der Waals surface area contributed by atoms with Gasteiger partial charge in [0.25, 0.3) is 10.0 Å². The summed E-state index contributed by atoms with van der Waals surface area (Å²) < 4.78 is 31.5. The van der Waals surface area contributed by atoms with Gasteiger partial charge in [0.05, 0.1) is 29.6 Å². The van der Waals surface area contributed by atoms with Crippen LogP contribution in [0.5, 0.6) is 0 Å². The van der Waals surface area contributed by atoms with Crippen LogP contribution in [0.25, 0.3) is 0 Å². The standard InChI is InChI=1S/C27H27Cl2N3O3S/c1-20(26-7-3-2-5-21(26)6-4-15-31-16-14-30-19-31)32(27-17-24(29)9-8-22(27)18-33)36(34,35)25-12-10-23(28)11-13-25/h2-3,5,7-14,16-17,19-20,33H,4,6,15,18H2,1H3. The third kappa shape index (κ3) is 5.76. The molecular weight excluding hydrogens is 517 g/mol. The van der Waals surface area contributed by atoms with Crippen LogP contribution in [-0.4, -0.2) is 23.1 Å². The van der Waals surface area contributed by atoms with Gasteiger partial charge in [-0.1, -0.05) is 53.5 Å². The molecule has 1 heterocycles. The lowest BCUT2D eigenvalue weighted by Gasteiger charge is -2.33. The molecule has 0 saturated heterocycles. The first-order valence-electron chi connectivity index (χ1n) is 11.5. The van der Waals surface area contributed by atoms with E-state index < -0.39 is 16.1 Å². The van der Waals surface area contributed by atoms with E-state index in [1.54, 1.807) is 42.9 Å². The topological polar surface area (TPSA) is 75.4 Å². The highest BCUT2D eigenvalue weighted by Crippen LogP contribution is 2.38. The minimum Gasteiger partial charge on any atom is -0.392 e. The SMILES string of the molecule is CC(c1ccccc1CCCn1ccnc1)N(c1cc(Cl)ccc1CO)S(=O)(=O)c1ccc(Cl)cc1. The summed E-state index contributed by atoms with van der Waals surface area (Å²) in [5.41, 5.74) is 2.72. The predicted octanol–water partition coefficient (Wildman–Crippen LogP) is 6.27. The molecule has 0 aliphatic carbocycles. The number of rotatable bonds is 10. The largest absolute Gasteiger partial charge is 0.392 e. The molecule has 1 aromatic heterocycles. The number of aryl methyl sites for hydroxylation is 2. The molecule has 0 spiro atoms. The molecule has 6 nitrogen and oxygen atoms in total. The molecule has 1 N–H and O–H groups in total. The van der Waals surface area contributed by atoms with Crippen LogP contribution in [0.2, 0.25) is 10.0 Å². The number of hydrogen-bond donors (Lipinski definition) is 1. The van der Waals surface area contributed by atoms with E-state index in [1.165, 1.54) is 16.4 Å². The van der Waals surface area contributed by atoms with Gasteiger partial charge in [-0.15, -0.1) is 0 Å². The van der Waals surface area contributed by atoms with E-state index in [4.69, 9.17) is 23.2 Å². The van der Waals surface area contributed by atoms with Crippen molar-refractivity contribution in [1.82, 2.24) is 9.55 Å². The van der Waals surface area contributed by atoms with Crippen molar-refractivity contribution in [2.75, 3.05) is 4.31 Å². The first-order chi connectivity index (χ1) is 17.3. The zero-order valence-electron chi connectivity index (χ0n) is 19.8. The summed E-state index contributed by atoms with van der Waals surface area (Å²) >= 11 is 12.3. The van der Waals surface area contributed by atoms with Gasteiger partial charge in [0.1, 0.15) is 0 Å². The highest BCUT2D eigenvalue weighted by atomic mass is 35.5. The fourth-order valence-electron chi connectivity index (χ4n) is 4.31. The highest BCUT2D eigenvalue weighted by molar-refractivity contribution is 7.92. The van der Waals surface area contributed by atoms with Gasteiger partial charge in [0.2, 0.25) is 0 Å². The van der Waals surface area contributed by atoms with E-state index in [0.717, 1.165) is 30.5 Å². The molecule has 0 saturated carbocycles. The Hall–Kier alpha value is -2.84. The zero-order valence-corrected chi connectivity index (χ0v) is 22.1. The van der Waals surface area contributed by atoms with Crippen LogP contribution in [0.15, 0.2) is 90.3 Å². The van der Waals surface area contributed by atoms with Crippen LogP contribution in [0, 0.1) is 0 Å². The molecule has 0 aliphatic rings. The molecule has 0 amide bonds. The van der Waals surface area contributed by atoms with Crippen LogP contribution in [0.3, 0.4) is 0 Å². The van der Waals surface area contributed by atoms with E-state index in [0.29, 0.717) is 21.3 Å². The Balaban J connectivity index is 1.78. The van der Waals surface area contributed by atoms with Gasteiger partial charge < -0.3 is 9.67 Å². The molecule has 0 bridgehead atoms. The van der Waals surface area contributed by atoms with Crippen molar-refractivity contribution in [3.8, 4) is 0 Å². The fraction of sp³-hybridized carbons (Fsp3) is 0.222. The van der Waals surface area contributed by atoms with Crippen molar-refractivity contribution >= 4 is 38.9 Å². The number of sulfonamides is 1. The summed E-state index contributed by atoms with van der Waals surface area (Å²) in [5.74, 6) is 0. The summed E-state index contributed by atoms with van der Waals surface area (Å²) in [5, 5.41) is 10.9. The summed E-state index contributed by atoms with van der Waals surface area (Å²) in [6.07, 6.45) is 7.08. The maximum absolute atomic E-state index is 14.1. The fourth-order valence-corrected chi connectivity index (χ4v) is 6.27. The second kappa shape index (κ2) is 11.5. The number of aliphatic hydroxyl groups is 1. The smallest absolute Gasteiger partial charge is 0.264 e. The normalized spacial score (nSPS) is 12.4. The first kappa shape index (κ1) is 26.2. The van der Waals surface area contributed by atoms with Crippen LogP contribution in [0.4, 0.5) is 5.69 Å². The van der Waals surface area contributed by atoms with E-state index in [1.807, 2.05) is 42.0 Å². The summed E-state index contributed by atoms with van der Waals surface area (Å²) in [7, 11) is -4.05. The number of halogens is 2. The van der Waals surface area contributed by atoms with Crippen molar-refractivity contribution in [2.24, 2.45) is 0 Å². The molecule has 4 rings (SSSR count). The molecule has 0 fully saturated rings. The van der Waals surface area contributed by atoms with Gasteiger partial charge in [0.15, 0.2) is 0 Å². The lowest BCUT2D eigenvalue weighted by Crippen LogP contribution is -2.35. The van der Waals surface area contributed by atoms with Gasteiger partial charge in [-0.3, -0.25) is 4.31 Å². The van der Waals surface area contributed by atoms with E-state index in [2.05, 4.69) is 4.98 Å². The minimum atomic E-state index is -4.05. The van der Waals surface area contributed by atoms with Crippen molar-refractivity contribution in [3.63, 3.8) is 0 Å². The Morgan fingerprint density at radius 2 is 1.72 bits per heavy atom. The van der Waals surface area contributed by atoms with Crippen molar-refractivity contribution in [2.45, 2.75) is 43.9 Å². The summed E-state index contributed by atoms with van der Waals surface area (Å²) in [4.78, 5) is 4.18. The number of aliphatic hydroxyl groups excluding tert-OH is 1. The van der Waals surface area contributed by atoms with Crippen LogP contribution in [0.1, 0.15) is 36.1 Å². The van der Waals surface area contributed by atoms with Crippen molar-refractivity contribution in [3.05, 3.63) is 112 Å². The Morgan fingerprint density at radius 1 is 1.00 bits per heavy atom. The second-order valence-electron chi connectivity index (χ2n) is 8.46.